The minimum absolute atomic E-state index is 0.212. The number of amides is 2. The second-order valence-corrected chi connectivity index (χ2v) is 7.96. The Balaban J connectivity index is 1.42. The van der Waals surface area contributed by atoms with E-state index in [0.717, 1.165) is 17.7 Å². The van der Waals surface area contributed by atoms with Gasteiger partial charge in [-0.05, 0) is 59.2 Å². The zero-order valence-corrected chi connectivity index (χ0v) is 17.5. The number of carbonyl (C=O) groups excluding carboxylic acids is 2. The molecule has 0 aliphatic carbocycles. The molecule has 3 heterocycles. The fraction of sp³-hybridized carbons (Fsp3) is 0.136. The smallest absolute Gasteiger partial charge is 0.253 e. The third-order valence-electron chi connectivity index (χ3n) is 4.70. The molecule has 2 aromatic heterocycles. The van der Waals surface area contributed by atoms with Crippen molar-refractivity contribution in [1.82, 2.24) is 10.3 Å². The predicted octanol–water partition coefficient (Wildman–Crippen LogP) is 4.22. The van der Waals surface area contributed by atoms with E-state index in [1.165, 1.54) is 5.56 Å². The molecule has 0 saturated carbocycles. The number of pyridine rings is 1. The maximum Gasteiger partial charge on any atom is 0.253 e. The summed E-state index contributed by atoms with van der Waals surface area (Å²) in [4.78, 5) is 29.3. The van der Waals surface area contributed by atoms with Crippen molar-refractivity contribution >= 4 is 52.2 Å². The molecule has 0 bridgehead atoms. The van der Waals surface area contributed by atoms with Gasteiger partial charge in [-0.1, -0.05) is 11.6 Å². The van der Waals surface area contributed by atoms with E-state index in [4.69, 9.17) is 11.6 Å². The van der Waals surface area contributed by atoms with Crippen LogP contribution in [0.2, 0.25) is 5.02 Å². The number of hydrogen-bond acceptors (Lipinski definition) is 5. The lowest BCUT2D eigenvalue weighted by molar-refractivity contribution is -0.112. The lowest BCUT2D eigenvalue weighted by Crippen LogP contribution is -2.26. The number of rotatable bonds is 6. The molecule has 3 aromatic rings. The number of anilines is 2. The summed E-state index contributed by atoms with van der Waals surface area (Å²) in [7, 11) is 0. The normalized spacial score (nSPS) is 12.4. The highest BCUT2D eigenvalue weighted by molar-refractivity contribution is 7.07. The molecule has 1 aliphatic heterocycles. The Morgan fingerprint density at radius 2 is 2.10 bits per heavy atom. The Kier molecular flexibility index (Phi) is 6.11. The van der Waals surface area contributed by atoms with Crippen molar-refractivity contribution < 1.29 is 9.59 Å². The van der Waals surface area contributed by atoms with Crippen molar-refractivity contribution in [3.05, 3.63) is 80.8 Å². The van der Waals surface area contributed by atoms with Crippen LogP contribution in [0.4, 0.5) is 11.4 Å². The molecule has 152 valence electrons. The van der Waals surface area contributed by atoms with Crippen molar-refractivity contribution in [2.24, 2.45) is 0 Å². The first kappa shape index (κ1) is 20.1. The van der Waals surface area contributed by atoms with Crippen LogP contribution in [0, 0.1) is 0 Å². The standard InChI is InChI=1S/C22H19ClN4O2S/c23-18-2-1-15(21(28)25-7-3-14-5-8-30-13-14)10-20(18)27-22(29)17-9-16-11-24-6-4-19(16)26-12-17/h1-2,4-6,8-11,13,26H,3,7,12H2,(H,25,28)(H,27,29). The third kappa shape index (κ3) is 4.69. The van der Waals surface area contributed by atoms with Crippen molar-refractivity contribution in [3.63, 3.8) is 0 Å². The van der Waals surface area contributed by atoms with Gasteiger partial charge in [-0.25, -0.2) is 0 Å². The van der Waals surface area contributed by atoms with Crippen molar-refractivity contribution in [1.29, 1.82) is 0 Å². The topological polar surface area (TPSA) is 83.1 Å². The molecule has 30 heavy (non-hydrogen) atoms. The van der Waals surface area contributed by atoms with Gasteiger partial charge in [0.2, 0.25) is 0 Å². The number of benzene rings is 1. The Labute approximate surface area is 183 Å². The molecular weight excluding hydrogens is 420 g/mol. The van der Waals surface area contributed by atoms with Gasteiger partial charge in [0, 0.05) is 47.9 Å². The van der Waals surface area contributed by atoms with Crippen LogP contribution in [-0.4, -0.2) is 29.9 Å². The predicted molar refractivity (Wildman–Crippen MR) is 121 cm³/mol. The minimum Gasteiger partial charge on any atom is -0.380 e. The van der Waals surface area contributed by atoms with Gasteiger partial charge < -0.3 is 16.0 Å². The Hall–Kier alpha value is -3.16. The van der Waals surface area contributed by atoms with Crippen molar-refractivity contribution in [2.75, 3.05) is 23.7 Å². The summed E-state index contributed by atoms with van der Waals surface area (Å²) in [5, 5.41) is 13.3. The largest absolute Gasteiger partial charge is 0.380 e. The van der Waals surface area contributed by atoms with Crippen molar-refractivity contribution in [2.45, 2.75) is 6.42 Å². The van der Waals surface area contributed by atoms with Gasteiger partial charge in [-0.2, -0.15) is 11.3 Å². The summed E-state index contributed by atoms with van der Waals surface area (Å²) in [5.41, 5.74) is 4.35. The Bertz CT molecular complexity index is 1110. The summed E-state index contributed by atoms with van der Waals surface area (Å²) in [6.07, 6.45) is 5.96. The van der Waals surface area contributed by atoms with Gasteiger partial charge in [0.05, 0.1) is 10.7 Å². The second-order valence-electron chi connectivity index (χ2n) is 6.77. The Morgan fingerprint density at radius 1 is 1.20 bits per heavy atom. The summed E-state index contributed by atoms with van der Waals surface area (Å²) in [6, 6.07) is 8.74. The van der Waals surface area contributed by atoms with E-state index in [-0.39, 0.29) is 11.8 Å². The van der Waals surface area contributed by atoms with E-state index in [2.05, 4.69) is 26.3 Å². The van der Waals surface area contributed by atoms with Crippen molar-refractivity contribution in [3.8, 4) is 0 Å². The van der Waals surface area contributed by atoms with Gasteiger partial charge in [-0.15, -0.1) is 0 Å². The van der Waals surface area contributed by atoms with Crippen LogP contribution in [0.25, 0.3) is 6.08 Å². The van der Waals surface area contributed by atoms with Gasteiger partial charge in [0.1, 0.15) is 0 Å². The molecule has 6 nitrogen and oxygen atoms in total. The molecule has 0 radical (unpaired) electrons. The van der Waals surface area contributed by atoms with Gasteiger partial charge in [0.25, 0.3) is 11.8 Å². The molecule has 0 unspecified atom stereocenters. The molecule has 1 aliphatic rings. The summed E-state index contributed by atoms with van der Waals surface area (Å²) >= 11 is 7.88. The summed E-state index contributed by atoms with van der Waals surface area (Å²) in [5.74, 6) is -0.495. The van der Waals surface area contributed by atoms with Crippen LogP contribution in [0.5, 0.6) is 0 Å². The average molecular weight is 439 g/mol. The monoisotopic (exact) mass is 438 g/mol. The fourth-order valence-corrected chi connectivity index (χ4v) is 3.95. The number of halogens is 1. The van der Waals surface area contributed by atoms with Crippen LogP contribution in [0.1, 0.15) is 21.5 Å². The zero-order valence-electron chi connectivity index (χ0n) is 15.9. The summed E-state index contributed by atoms with van der Waals surface area (Å²) < 4.78 is 0. The maximum absolute atomic E-state index is 12.7. The van der Waals surface area contributed by atoms with Gasteiger partial charge in [0.15, 0.2) is 0 Å². The average Bonchev–Trinajstić information content (AvgIpc) is 3.28. The number of carbonyl (C=O) groups is 2. The van der Waals surface area contributed by atoms with Gasteiger partial charge in [-0.3, -0.25) is 14.6 Å². The lowest BCUT2D eigenvalue weighted by Gasteiger charge is -2.18. The number of nitrogens with one attached hydrogen (secondary N) is 3. The molecule has 1 aromatic carbocycles. The number of nitrogens with zero attached hydrogens (tertiary/aromatic N) is 1. The van der Waals surface area contributed by atoms with Crippen LogP contribution >= 0.6 is 22.9 Å². The first-order chi connectivity index (χ1) is 14.6. The SMILES string of the molecule is O=C(Nc1cc(C(=O)NCCc2ccsc2)ccc1Cl)C1=Cc2cnccc2NC1. The van der Waals surface area contributed by atoms with E-state index >= 15 is 0 Å². The molecule has 0 fully saturated rings. The highest BCUT2D eigenvalue weighted by atomic mass is 35.5. The molecule has 8 heteroatoms. The minimum atomic E-state index is -0.283. The number of aromatic nitrogens is 1. The molecular formula is C22H19ClN4O2S. The second kappa shape index (κ2) is 9.11. The first-order valence-electron chi connectivity index (χ1n) is 9.39. The fourth-order valence-electron chi connectivity index (χ4n) is 3.08. The number of thiophene rings is 1. The highest BCUT2D eigenvalue weighted by Gasteiger charge is 2.17. The number of fused-ring (bicyclic) bond motifs is 1. The lowest BCUT2D eigenvalue weighted by atomic mass is 10.1. The number of hydrogen-bond donors (Lipinski definition) is 3. The molecule has 2 amide bonds. The summed E-state index contributed by atoms with van der Waals surface area (Å²) in [6.45, 7) is 0.926. The van der Waals surface area contributed by atoms with Crippen LogP contribution in [0.15, 0.2) is 59.1 Å². The Morgan fingerprint density at radius 3 is 2.93 bits per heavy atom. The molecule has 3 N–H and O–H groups in total. The maximum atomic E-state index is 12.7. The zero-order chi connectivity index (χ0) is 20.9. The molecule has 0 saturated heterocycles. The highest BCUT2D eigenvalue weighted by Crippen LogP contribution is 2.26. The van der Waals surface area contributed by atoms with Crippen LogP contribution < -0.4 is 16.0 Å². The quantitative estimate of drug-likeness (QED) is 0.538. The van der Waals surface area contributed by atoms with Gasteiger partial charge >= 0.3 is 0 Å². The van der Waals surface area contributed by atoms with E-state index < -0.39 is 0 Å². The van der Waals surface area contributed by atoms with Crippen LogP contribution in [-0.2, 0) is 11.2 Å². The van der Waals surface area contributed by atoms with E-state index in [9.17, 15) is 9.59 Å². The van der Waals surface area contributed by atoms with E-state index in [1.54, 1.807) is 48.0 Å². The third-order valence-corrected chi connectivity index (χ3v) is 5.76. The molecule has 0 spiro atoms. The first-order valence-corrected chi connectivity index (χ1v) is 10.7. The van der Waals surface area contributed by atoms with E-state index in [0.29, 0.717) is 34.9 Å². The van der Waals surface area contributed by atoms with E-state index in [1.807, 2.05) is 17.5 Å². The molecule has 4 rings (SSSR count). The van der Waals surface area contributed by atoms with Crippen LogP contribution in [0.3, 0.4) is 0 Å². The molecule has 0 atom stereocenters.